The average molecular weight is 312 g/mol. The average Bonchev–Trinajstić information content (AvgIpc) is 2.60. The van der Waals surface area contributed by atoms with Crippen molar-refractivity contribution in [1.29, 1.82) is 0 Å². The summed E-state index contributed by atoms with van der Waals surface area (Å²) in [5, 5.41) is 0.854. The van der Waals surface area contributed by atoms with Crippen LogP contribution in [-0.2, 0) is 9.59 Å². The van der Waals surface area contributed by atoms with Crippen molar-refractivity contribution in [3.05, 3.63) is 28.2 Å². The molecule has 1 aliphatic carbocycles. The minimum Gasteiger partial charge on any atom is -0.274 e. The number of hydrogen-bond donors (Lipinski definition) is 0. The van der Waals surface area contributed by atoms with Crippen LogP contribution >= 0.6 is 23.2 Å². The van der Waals surface area contributed by atoms with E-state index >= 15 is 0 Å². The highest BCUT2D eigenvalue weighted by Crippen LogP contribution is 2.42. The Morgan fingerprint density at radius 2 is 1.60 bits per heavy atom. The number of amides is 2. The summed E-state index contributed by atoms with van der Waals surface area (Å²) in [6, 6.07) is 4.82. The van der Waals surface area contributed by atoms with Gasteiger partial charge in [0, 0.05) is 10.0 Å². The second-order valence-corrected chi connectivity index (χ2v) is 6.64. The third-order valence-electron chi connectivity index (χ3n) is 4.29. The van der Waals surface area contributed by atoms with Crippen LogP contribution in [-0.4, -0.2) is 11.8 Å². The van der Waals surface area contributed by atoms with Crippen molar-refractivity contribution in [3.8, 4) is 0 Å². The molecule has 1 aliphatic heterocycles. The number of hydrogen-bond acceptors (Lipinski definition) is 2. The van der Waals surface area contributed by atoms with E-state index in [4.69, 9.17) is 23.2 Å². The zero-order valence-electron chi connectivity index (χ0n) is 11.1. The van der Waals surface area contributed by atoms with Gasteiger partial charge >= 0.3 is 0 Å². The number of imide groups is 1. The summed E-state index contributed by atoms with van der Waals surface area (Å²) >= 11 is 11.9. The molecule has 1 aromatic carbocycles. The van der Waals surface area contributed by atoms with E-state index in [2.05, 4.69) is 6.92 Å². The van der Waals surface area contributed by atoms with E-state index in [-0.39, 0.29) is 23.7 Å². The Balaban J connectivity index is 1.98. The molecule has 106 valence electrons. The van der Waals surface area contributed by atoms with E-state index < -0.39 is 0 Å². The lowest BCUT2D eigenvalue weighted by molar-refractivity contribution is -0.122. The highest BCUT2D eigenvalue weighted by Gasteiger charge is 2.50. The molecule has 1 aromatic rings. The number of rotatable bonds is 1. The summed E-state index contributed by atoms with van der Waals surface area (Å²) in [5.41, 5.74) is 0.486. The third kappa shape index (κ3) is 2.23. The first kappa shape index (κ1) is 13.9. The third-order valence-corrected chi connectivity index (χ3v) is 4.73. The number of anilines is 1. The van der Waals surface area contributed by atoms with Crippen molar-refractivity contribution in [2.45, 2.75) is 26.2 Å². The first-order chi connectivity index (χ1) is 9.47. The molecule has 3 rings (SSSR count). The fourth-order valence-electron chi connectivity index (χ4n) is 3.31. The van der Waals surface area contributed by atoms with Gasteiger partial charge in [0.2, 0.25) is 11.8 Å². The number of fused-ring (bicyclic) bond motifs is 1. The number of carbonyl (C=O) groups excluding carboxylic acids is 2. The number of halogens is 2. The molecule has 3 nitrogen and oxygen atoms in total. The fraction of sp³-hybridized carbons (Fsp3) is 0.467. The standard InChI is InChI=1S/C15H15Cl2NO2/c1-8-2-3-12-13(4-8)15(20)18(14(12)19)11-6-9(16)5-10(17)7-11/h5-8,12-13H,2-4H2,1H3/t8-,12-,13+/m1/s1. The summed E-state index contributed by atoms with van der Waals surface area (Å²) in [7, 11) is 0. The largest absolute Gasteiger partial charge is 0.274 e. The van der Waals surface area contributed by atoms with Crippen LogP contribution in [0.5, 0.6) is 0 Å². The molecule has 2 fully saturated rings. The molecular formula is C15H15Cl2NO2. The van der Waals surface area contributed by atoms with E-state index in [0.29, 0.717) is 21.7 Å². The zero-order chi connectivity index (χ0) is 14.4. The Hall–Kier alpha value is -1.06. The monoisotopic (exact) mass is 311 g/mol. The molecule has 0 aromatic heterocycles. The molecule has 1 saturated carbocycles. The molecule has 3 atom stereocenters. The molecule has 0 spiro atoms. The van der Waals surface area contributed by atoms with Gasteiger partial charge in [0.25, 0.3) is 0 Å². The molecule has 5 heteroatoms. The quantitative estimate of drug-likeness (QED) is 0.737. The van der Waals surface area contributed by atoms with Gasteiger partial charge in [-0.3, -0.25) is 9.59 Å². The van der Waals surface area contributed by atoms with Gasteiger partial charge < -0.3 is 0 Å². The summed E-state index contributed by atoms with van der Waals surface area (Å²) in [4.78, 5) is 26.3. The second kappa shape index (κ2) is 5.05. The lowest BCUT2D eigenvalue weighted by Gasteiger charge is -2.25. The number of carbonyl (C=O) groups is 2. The van der Waals surface area contributed by atoms with Gasteiger partial charge in [-0.2, -0.15) is 0 Å². The smallest absolute Gasteiger partial charge is 0.237 e. The highest BCUT2D eigenvalue weighted by molar-refractivity contribution is 6.35. The summed E-state index contributed by atoms with van der Waals surface area (Å²) in [6.45, 7) is 2.13. The minimum absolute atomic E-state index is 0.106. The summed E-state index contributed by atoms with van der Waals surface area (Å²) in [6.07, 6.45) is 2.59. The van der Waals surface area contributed by atoms with Gasteiger partial charge in [0.1, 0.15) is 0 Å². The van der Waals surface area contributed by atoms with Crippen molar-refractivity contribution in [3.63, 3.8) is 0 Å². The normalized spacial score (nSPS) is 29.8. The van der Waals surface area contributed by atoms with Crippen LogP contribution in [0.4, 0.5) is 5.69 Å². The van der Waals surface area contributed by atoms with Gasteiger partial charge in [-0.25, -0.2) is 4.90 Å². The molecule has 0 radical (unpaired) electrons. The van der Waals surface area contributed by atoms with Crippen molar-refractivity contribution >= 4 is 40.7 Å². The molecule has 20 heavy (non-hydrogen) atoms. The molecular weight excluding hydrogens is 297 g/mol. The van der Waals surface area contributed by atoms with Gasteiger partial charge in [0.15, 0.2) is 0 Å². The summed E-state index contributed by atoms with van der Waals surface area (Å²) < 4.78 is 0. The Bertz CT molecular complexity index is 567. The Morgan fingerprint density at radius 3 is 2.25 bits per heavy atom. The van der Waals surface area contributed by atoms with Crippen molar-refractivity contribution in [1.82, 2.24) is 0 Å². The van der Waals surface area contributed by atoms with Gasteiger partial charge in [-0.1, -0.05) is 30.1 Å². The van der Waals surface area contributed by atoms with E-state index in [9.17, 15) is 9.59 Å². The summed E-state index contributed by atoms with van der Waals surface area (Å²) in [5.74, 6) is -0.0634. The molecule has 2 amide bonds. The number of benzene rings is 1. The van der Waals surface area contributed by atoms with Gasteiger partial charge in [-0.05, 0) is 43.4 Å². The lowest BCUT2D eigenvalue weighted by atomic mass is 9.76. The van der Waals surface area contributed by atoms with Crippen LogP contribution in [0.1, 0.15) is 26.2 Å². The van der Waals surface area contributed by atoms with Crippen LogP contribution in [0.25, 0.3) is 0 Å². The highest BCUT2D eigenvalue weighted by atomic mass is 35.5. The van der Waals surface area contributed by atoms with Crippen LogP contribution < -0.4 is 4.90 Å². The topological polar surface area (TPSA) is 37.4 Å². The Labute approximate surface area is 127 Å². The SMILES string of the molecule is C[C@@H]1CC[C@H]2C(=O)N(c3cc(Cl)cc(Cl)c3)C(=O)[C@H]2C1. The number of nitrogens with zero attached hydrogens (tertiary/aromatic N) is 1. The van der Waals surface area contributed by atoms with E-state index in [0.717, 1.165) is 19.3 Å². The fourth-order valence-corrected chi connectivity index (χ4v) is 3.83. The Kier molecular flexibility index (Phi) is 3.51. The maximum atomic E-state index is 12.5. The van der Waals surface area contributed by atoms with E-state index in [1.807, 2.05) is 0 Å². The van der Waals surface area contributed by atoms with E-state index in [1.165, 1.54) is 4.90 Å². The molecule has 0 bridgehead atoms. The van der Waals surface area contributed by atoms with Gasteiger partial charge in [-0.15, -0.1) is 0 Å². The van der Waals surface area contributed by atoms with Gasteiger partial charge in [0.05, 0.1) is 17.5 Å². The van der Waals surface area contributed by atoms with Crippen molar-refractivity contribution in [2.24, 2.45) is 17.8 Å². The first-order valence-corrected chi connectivity index (χ1v) is 7.57. The predicted octanol–water partition coefficient (Wildman–Crippen LogP) is 3.92. The molecule has 0 N–H and O–H groups in total. The lowest BCUT2D eigenvalue weighted by Crippen LogP contribution is -2.30. The maximum Gasteiger partial charge on any atom is 0.237 e. The Morgan fingerprint density at radius 1 is 1.00 bits per heavy atom. The van der Waals surface area contributed by atoms with Crippen LogP contribution in [0, 0.1) is 17.8 Å². The van der Waals surface area contributed by atoms with E-state index in [1.54, 1.807) is 18.2 Å². The van der Waals surface area contributed by atoms with Crippen LogP contribution in [0.2, 0.25) is 10.0 Å². The van der Waals surface area contributed by atoms with Crippen molar-refractivity contribution < 1.29 is 9.59 Å². The zero-order valence-corrected chi connectivity index (χ0v) is 12.6. The predicted molar refractivity (Wildman–Crippen MR) is 79.0 cm³/mol. The molecule has 1 heterocycles. The van der Waals surface area contributed by atoms with Crippen molar-refractivity contribution in [2.75, 3.05) is 4.90 Å². The van der Waals surface area contributed by atoms with Crippen LogP contribution in [0.15, 0.2) is 18.2 Å². The minimum atomic E-state index is -0.177. The molecule has 0 unspecified atom stereocenters. The first-order valence-electron chi connectivity index (χ1n) is 6.81. The second-order valence-electron chi connectivity index (χ2n) is 5.77. The maximum absolute atomic E-state index is 12.5. The van der Waals surface area contributed by atoms with Crippen LogP contribution in [0.3, 0.4) is 0 Å². The molecule has 2 aliphatic rings. The molecule has 1 saturated heterocycles.